The van der Waals surface area contributed by atoms with E-state index in [0.29, 0.717) is 6.61 Å². The molecule has 0 amide bonds. The van der Waals surface area contributed by atoms with Gasteiger partial charge in [0.05, 0.1) is 12.9 Å². The smallest absolute Gasteiger partial charge is 0.478 e. The molecule has 0 atom stereocenters. The normalized spacial score (nSPS) is 10.3. The third kappa shape index (κ3) is 7.35. The molecule has 14 heavy (non-hydrogen) atoms. The second kappa shape index (κ2) is 7.13. The number of carbonyl (C=O) groups is 2. The van der Waals surface area contributed by atoms with Crippen LogP contribution in [0.4, 0.5) is 0 Å². The lowest BCUT2D eigenvalue weighted by molar-refractivity contribution is -0.137. The summed E-state index contributed by atoms with van der Waals surface area (Å²) in [5.41, 5.74) is 1.48. The second-order valence-electron chi connectivity index (χ2n) is 2.37. The highest BCUT2D eigenvalue weighted by Crippen LogP contribution is 1.94. The van der Waals surface area contributed by atoms with Gasteiger partial charge in [0, 0.05) is 19.5 Å². The summed E-state index contributed by atoms with van der Waals surface area (Å²) in [5.74, 6) is -0.937. The summed E-state index contributed by atoms with van der Waals surface area (Å²) in [6.45, 7) is 4.85. The van der Waals surface area contributed by atoms with Crippen LogP contribution in [0, 0.1) is 0 Å². The van der Waals surface area contributed by atoms with E-state index in [-0.39, 0.29) is 0 Å². The Morgan fingerprint density at radius 1 is 1.21 bits per heavy atom. The Morgan fingerprint density at radius 2 is 1.71 bits per heavy atom. The van der Waals surface area contributed by atoms with Gasteiger partial charge in [-0.1, -0.05) is 0 Å². The summed E-state index contributed by atoms with van der Waals surface area (Å²) < 4.78 is 14.5. The molecular weight excluding hydrogens is 204 g/mol. The van der Waals surface area contributed by atoms with Gasteiger partial charge in [-0.2, -0.15) is 0 Å². The molecule has 0 spiro atoms. The Bertz CT molecular complexity index is 210. The third-order valence-electron chi connectivity index (χ3n) is 1.06. The zero-order chi connectivity index (χ0) is 11.0. The second-order valence-corrected chi connectivity index (χ2v) is 3.96. The molecule has 0 saturated heterocycles. The Hall–Kier alpha value is -1.30. The molecule has 0 aromatic heterocycles. The van der Waals surface area contributed by atoms with E-state index in [1.54, 1.807) is 0 Å². The van der Waals surface area contributed by atoms with Crippen LogP contribution in [-0.2, 0) is 23.2 Å². The first-order chi connectivity index (χ1) is 6.56. The van der Waals surface area contributed by atoms with Crippen molar-refractivity contribution in [2.75, 3.05) is 6.61 Å². The fourth-order valence-electron chi connectivity index (χ4n) is 0.646. The van der Waals surface area contributed by atoms with Gasteiger partial charge < -0.3 is 13.6 Å². The number of hydrogen-bond acceptors (Lipinski definition) is 5. The molecule has 0 aliphatic carbocycles. The number of ether oxygens (including phenoxy) is 1. The van der Waals surface area contributed by atoms with Crippen molar-refractivity contribution < 1.29 is 23.2 Å². The van der Waals surface area contributed by atoms with Crippen molar-refractivity contribution in [2.45, 2.75) is 20.8 Å². The number of carbonyl (C=O) groups excluding carboxylic acids is 2. The van der Waals surface area contributed by atoms with Crippen LogP contribution >= 0.6 is 0 Å². The van der Waals surface area contributed by atoms with Crippen LogP contribution in [-0.4, -0.2) is 27.8 Å². The summed E-state index contributed by atoms with van der Waals surface area (Å²) in [4.78, 5) is 21.2. The minimum atomic E-state index is -2.39. The van der Waals surface area contributed by atoms with Gasteiger partial charge in [-0.15, -0.1) is 0 Å². The van der Waals surface area contributed by atoms with E-state index < -0.39 is 21.2 Å². The zero-order valence-corrected chi connectivity index (χ0v) is 9.64. The van der Waals surface area contributed by atoms with Crippen molar-refractivity contribution in [3.63, 3.8) is 0 Å². The van der Waals surface area contributed by atoms with E-state index in [1.807, 2.05) is 6.92 Å². The van der Waals surface area contributed by atoms with Gasteiger partial charge in [0.2, 0.25) is 0 Å². The first-order valence-corrected chi connectivity index (χ1v) is 5.80. The van der Waals surface area contributed by atoms with Crippen LogP contribution in [0.15, 0.2) is 12.0 Å². The molecule has 80 valence electrons. The van der Waals surface area contributed by atoms with Crippen molar-refractivity contribution in [1.29, 1.82) is 0 Å². The van der Waals surface area contributed by atoms with Gasteiger partial charge in [0.1, 0.15) is 0 Å². The van der Waals surface area contributed by atoms with Gasteiger partial charge in [-0.25, -0.2) is 0 Å². The lowest BCUT2D eigenvalue weighted by atomic mass is 10.9. The average molecular weight is 218 g/mol. The van der Waals surface area contributed by atoms with Crippen molar-refractivity contribution >= 4 is 21.2 Å². The van der Waals surface area contributed by atoms with E-state index in [1.165, 1.54) is 25.8 Å². The van der Waals surface area contributed by atoms with Crippen LogP contribution in [0.2, 0.25) is 0 Å². The lowest BCUT2D eigenvalue weighted by Gasteiger charge is -2.10. The highest BCUT2D eigenvalue weighted by Gasteiger charge is 2.16. The molecule has 0 rings (SSSR count). The molecule has 0 radical (unpaired) electrons. The maximum atomic E-state index is 10.6. The fourth-order valence-corrected chi connectivity index (χ4v) is 1.74. The van der Waals surface area contributed by atoms with E-state index in [0.717, 1.165) is 0 Å². The Kier molecular flexibility index (Phi) is 6.47. The molecule has 0 bridgehead atoms. The van der Waals surface area contributed by atoms with E-state index in [2.05, 4.69) is 0 Å². The van der Waals surface area contributed by atoms with Crippen LogP contribution in [0.3, 0.4) is 0 Å². The fraction of sp³-hybridized carbons (Fsp3) is 0.500. The van der Waals surface area contributed by atoms with E-state index in [9.17, 15) is 9.59 Å². The quantitative estimate of drug-likeness (QED) is 0.494. The number of rotatable bonds is 5. The molecular formula is C8H14O5Si. The molecule has 0 aliphatic rings. The molecule has 0 saturated carbocycles. The number of hydrogen-bond donors (Lipinski definition) is 0. The molecule has 0 aromatic rings. The first kappa shape index (κ1) is 12.7. The largest absolute Gasteiger partial charge is 0.502 e. The van der Waals surface area contributed by atoms with Crippen molar-refractivity contribution in [1.82, 2.24) is 0 Å². The third-order valence-corrected chi connectivity index (χ3v) is 2.66. The predicted molar refractivity (Wildman–Crippen MR) is 51.4 cm³/mol. The van der Waals surface area contributed by atoms with Gasteiger partial charge in [0.15, 0.2) is 0 Å². The summed E-state index contributed by atoms with van der Waals surface area (Å²) in [7, 11) is -2.39. The average Bonchev–Trinajstić information content (AvgIpc) is 2.02. The van der Waals surface area contributed by atoms with Crippen LogP contribution in [0.25, 0.3) is 0 Å². The zero-order valence-electron chi connectivity index (χ0n) is 8.48. The van der Waals surface area contributed by atoms with Crippen molar-refractivity contribution in [3.05, 3.63) is 12.0 Å². The predicted octanol–water partition coefficient (Wildman–Crippen LogP) is 0.422. The van der Waals surface area contributed by atoms with Crippen LogP contribution < -0.4 is 0 Å². The summed E-state index contributed by atoms with van der Waals surface area (Å²) in [6, 6.07) is 0. The van der Waals surface area contributed by atoms with Crippen LogP contribution in [0.5, 0.6) is 0 Å². The summed E-state index contributed by atoms with van der Waals surface area (Å²) in [6.07, 6.45) is 1.38. The van der Waals surface area contributed by atoms with E-state index >= 15 is 0 Å². The highest BCUT2D eigenvalue weighted by atomic mass is 28.3. The lowest BCUT2D eigenvalue weighted by Crippen LogP contribution is -2.25. The molecule has 0 aliphatic heterocycles. The van der Waals surface area contributed by atoms with Gasteiger partial charge in [-0.05, 0) is 6.92 Å². The molecule has 5 nitrogen and oxygen atoms in total. The summed E-state index contributed by atoms with van der Waals surface area (Å²) >= 11 is 0. The molecule has 0 aromatic carbocycles. The maximum absolute atomic E-state index is 10.6. The Balaban J connectivity index is 4.09. The minimum Gasteiger partial charge on any atom is -0.502 e. The SMILES string of the molecule is CCOC=C[SiH](OC(C)=O)OC(C)=O. The Morgan fingerprint density at radius 3 is 2.07 bits per heavy atom. The minimum absolute atomic E-state index is 0.468. The summed E-state index contributed by atoms with van der Waals surface area (Å²) in [5, 5.41) is 0. The van der Waals surface area contributed by atoms with E-state index in [4.69, 9.17) is 13.6 Å². The topological polar surface area (TPSA) is 61.8 Å². The van der Waals surface area contributed by atoms with Gasteiger partial charge >= 0.3 is 9.28 Å². The van der Waals surface area contributed by atoms with Gasteiger partial charge in [0.25, 0.3) is 11.9 Å². The molecule has 6 heteroatoms. The molecule has 0 heterocycles. The molecule has 0 N–H and O–H groups in total. The van der Waals surface area contributed by atoms with Gasteiger partial charge in [-0.3, -0.25) is 9.59 Å². The maximum Gasteiger partial charge on any atom is 0.478 e. The standard InChI is InChI=1S/C8H14O5Si/c1-4-11-5-6-14(12-7(2)9)13-8(3)10/h5-6,14H,4H2,1-3H3. The molecule has 0 fully saturated rings. The first-order valence-electron chi connectivity index (χ1n) is 4.19. The molecule has 0 unspecified atom stereocenters. The van der Waals surface area contributed by atoms with Crippen LogP contribution in [0.1, 0.15) is 20.8 Å². The van der Waals surface area contributed by atoms with Crippen molar-refractivity contribution in [3.8, 4) is 0 Å². The van der Waals surface area contributed by atoms with Crippen molar-refractivity contribution in [2.24, 2.45) is 0 Å². The Labute approximate surface area is 84.5 Å². The monoisotopic (exact) mass is 218 g/mol. The highest BCUT2D eigenvalue weighted by molar-refractivity contribution is 6.54.